The van der Waals surface area contributed by atoms with Gasteiger partial charge in [0.2, 0.25) is 0 Å². The fourth-order valence-corrected chi connectivity index (χ4v) is 2.87. The van der Waals surface area contributed by atoms with Crippen molar-refractivity contribution in [3.05, 3.63) is 21.3 Å². The Morgan fingerprint density at radius 1 is 1.43 bits per heavy atom. The molecule has 7 heteroatoms. The van der Waals surface area contributed by atoms with E-state index in [4.69, 9.17) is 21.4 Å². The molecule has 1 unspecified atom stereocenters. The number of ether oxygens (including phenoxy) is 1. The molecule has 2 N–H and O–H groups in total. The first kappa shape index (κ1) is 17.8. The van der Waals surface area contributed by atoms with Gasteiger partial charge >= 0.3 is 12.1 Å². The quantitative estimate of drug-likeness (QED) is 0.832. The maximum absolute atomic E-state index is 11.8. The molecule has 1 aromatic rings. The molecular weight excluding hydrogens is 314 g/mol. The molecule has 0 aliphatic carbocycles. The monoisotopic (exact) mass is 333 g/mol. The standard InChI is InChI=1S/C14H20ClNO4S/c1-14(2,3)20-13(19)16-9(4-7-12(17)18)8-10-5-6-11(15)21-10/h5-6,9H,4,7-8H2,1-3H3,(H,16,19)(H,17,18). The Morgan fingerprint density at radius 3 is 2.57 bits per heavy atom. The fraction of sp³-hybridized carbons (Fsp3) is 0.571. The molecule has 0 saturated carbocycles. The maximum atomic E-state index is 11.8. The number of alkyl carbamates (subject to hydrolysis) is 1. The van der Waals surface area contributed by atoms with Crippen molar-refractivity contribution in [2.24, 2.45) is 0 Å². The number of carboxylic acid groups (broad SMARTS) is 1. The Bertz CT molecular complexity index is 495. The number of carbonyl (C=O) groups is 2. The van der Waals surface area contributed by atoms with E-state index in [1.165, 1.54) is 11.3 Å². The third kappa shape index (κ3) is 7.92. The van der Waals surface area contributed by atoms with Gasteiger partial charge in [0.15, 0.2) is 0 Å². The van der Waals surface area contributed by atoms with E-state index in [1.54, 1.807) is 26.8 Å². The molecule has 21 heavy (non-hydrogen) atoms. The van der Waals surface area contributed by atoms with Crippen LogP contribution in [0.15, 0.2) is 12.1 Å². The van der Waals surface area contributed by atoms with E-state index in [1.807, 2.05) is 6.07 Å². The number of hydrogen-bond donors (Lipinski definition) is 2. The Kier molecular flexibility index (Phi) is 6.48. The van der Waals surface area contributed by atoms with Gasteiger partial charge in [-0.2, -0.15) is 0 Å². The third-order valence-corrected chi connectivity index (χ3v) is 3.76. The van der Waals surface area contributed by atoms with Crippen LogP contribution in [0.1, 0.15) is 38.5 Å². The van der Waals surface area contributed by atoms with E-state index in [-0.39, 0.29) is 12.5 Å². The molecule has 0 aliphatic rings. The van der Waals surface area contributed by atoms with Gasteiger partial charge in [0.1, 0.15) is 5.60 Å². The zero-order valence-corrected chi connectivity index (χ0v) is 13.9. The van der Waals surface area contributed by atoms with Crippen LogP contribution in [-0.2, 0) is 16.0 Å². The first-order chi connectivity index (χ1) is 9.65. The van der Waals surface area contributed by atoms with E-state index in [2.05, 4.69) is 5.32 Å². The lowest BCUT2D eigenvalue weighted by Crippen LogP contribution is -2.40. The van der Waals surface area contributed by atoms with Crippen molar-refractivity contribution in [1.29, 1.82) is 0 Å². The lowest BCUT2D eigenvalue weighted by Gasteiger charge is -2.23. The van der Waals surface area contributed by atoms with E-state index >= 15 is 0 Å². The number of carboxylic acids is 1. The number of nitrogens with one attached hydrogen (secondary N) is 1. The number of hydrogen-bond acceptors (Lipinski definition) is 4. The summed E-state index contributed by atoms with van der Waals surface area (Å²) in [5, 5.41) is 11.5. The van der Waals surface area contributed by atoms with Crippen LogP contribution < -0.4 is 5.32 Å². The van der Waals surface area contributed by atoms with Crippen LogP contribution in [0.5, 0.6) is 0 Å². The highest BCUT2D eigenvalue weighted by Gasteiger charge is 2.20. The predicted octanol–water partition coefficient (Wildman–Crippen LogP) is 3.70. The smallest absolute Gasteiger partial charge is 0.407 e. The van der Waals surface area contributed by atoms with Crippen molar-refractivity contribution >= 4 is 35.0 Å². The highest BCUT2D eigenvalue weighted by molar-refractivity contribution is 7.16. The summed E-state index contributed by atoms with van der Waals surface area (Å²) in [5.74, 6) is -0.893. The van der Waals surface area contributed by atoms with E-state index in [9.17, 15) is 9.59 Å². The minimum Gasteiger partial charge on any atom is -0.481 e. The molecule has 0 aliphatic heterocycles. The van der Waals surface area contributed by atoms with Crippen LogP contribution in [0.4, 0.5) is 4.79 Å². The summed E-state index contributed by atoms with van der Waals surface area (Å²) in [6.07, 6.45) is 0.314. The van der Waals surface area contributed by atoms with Gasteiger partial charge in [-0.3, -0.25) is 4.79 Å². The van der Waals surface area contributed by atoms with Gasteiger partial charge < -0.3 is 15.2 Å². The summed E-state index contributed by atoms with van der Waals surface area (Å²) in [6, 6.07) is 3.35. The average molecular weight is 334 g/mol. The minimum atomic E-state index is -0.893. The highest BCUT2D eigenvalue weighted by Crippen LogP contribution is 2.23. The summed E-state index contributed by atoms with van der Waals surface area (Å²) in [5.41, 5.74) is -0.590. The molecule has 1 aromatic heterocycles. The van der Waals surface area contributed by atoms with Crippen LogP contribution >= 0.6 is 22.9 Å². The van der Waals surface area contributed by atoms with Gasteiger partial charge in [-0.05, 0) is 39.3 Å². The van der Waals surface area contributed by atoms with Gasteiger partial charge in [-0.1, -0.05) is 11.6 Å². The summed E-state index contributed by atoms with van der Waals surface area (Å²) in [6.45, 7) is 5.33. The van der Waals surface area contributed by atoms with Crippen molar-refractivity contribution in [2.45, 2.75) is 51.7 Å². The molecule has 1 rings (SSSR count). The topological polar surface area (TPSA) is 75.6 Å². The number of thiophene rings is 1. The van der Waals surface area contributed by atoms with Crippen molar-refractivity contribution in [3.8, 4) is 0 Å². The zero-order valence-electron chi connectivity index (χ0n) is 12.3. The molecule has 0 fully saturated rings. The summed E-state index contributed by atoms with van der Waals surface area (Å²) >= 11 is 7.29. The molecule has 1 heterocycles. The molecule has 118 valence electrons. The number of halogens is 1. The lowest BCUT2D eigenvalue weighted by atomic mass is 10.1. The van der Waals surface area contributed by atoms with Gasteiger partial charge in [0.25, 0.3) is 0 Å². The van der Waals surface area contributed by atoms with Crippen LogP contribution in [0.3, 0.4) is 0 Å². The van der Waals surface area contributed by atoms with Gasteiger partial charge in [-0.25, -0.2) is 4.79 Å². The van der Waals surface area contributed by atoms with E-state index in [0.717, 1.165) is 4.88 Å². The molecule has 1 atom stereocenters. The zero-order chi connectivity index (χ0) is 16.0. The molecule has 0 aromatic carbocycles. The van der Waals surface area contributed by atoms with Crippen molar-refractivity contribution in [2.75, 3.05) is 0 Å². The molecule has 0 bridgehead atoms. The van der Waals surface area contributed by atoms with Crippen LogP contribution in [0.2, 0.25) is 4.34 Å². The number of rotatable bonds is 6. The van der Waals surface area contributed by atoms with Crippen molar-refractivity contribution in [1.82, 2.24) is 5.32 Å². The number of aliphatic carboxylic acids is 1. The normalized spacial score (nSPS) is 12.8. The molecule has 0 saturated heterocycles. The number of amides is 1. The Morgan fingerprint density at radius 2 is 2.10 bits per heavy atom. The van der Waals surface area contributed by atoms with Crippen molar-refractivity contribution in [3.63, 3.8) is 0 Å². The summed E-state index contributed by atoms with van der Waals surface area (Å²) in [4.78, 5) is 23.5. The Balaban J connectivity index is 2.63. The molecule has 0 radical (unpaired) electrons. The van der Waals surface area contributed by atoms with Crippen LogP contribution in [0.25, 0.3) is 0 Å². The van der Waals surface area contributed by atoms with Crippen LogP contribution in [0, 0.1) is 0 Å². The first-order valence-electron chi connectivity index (χ1n) is 6.61. The maximum Gasteiger partial charge on any atom is 0.407 e. The molecule has 0 spiro atoms. The van der Waals surface area contributed by atoms with Gasteiger partial charge in [0.05, 0.1) is 4.34 Å². The molecule has 1 amide bonds. The number of carbonyl (C=O) groups excluding carboxylic acids is 1. The molecule has 5 nitrogen and oxygen atoms in total. The van der Waals surface area contributed by atoms with Gasteiger partial charge in [0, 0.05) is 23.8 Å². The lowest BCUT2D eigenvalue weighted by molar-refractivity contribution is -0.137. The van der Waals surface area contributed by atoms with Gasteiger partial charge in [-0.15, -0.1) is 11.3 Å². The second-order valence-corrected chi connectivity index (χ2v) is 7.49. The third-order valence-electron chi connectivity index (χ3n) is 2.50. The highest BCUT2D eigenvalue weighted by atomic mass is 35.5. The Hall–Kier alpha value is -1.27. The van der Waals surface area contributed by atoms with Crippen molar-refractivity contribution < 1.29 is 19.4 Å². The Labute approximate surface area is 133 Å². The van der Waals surface area contributed by atoms with E-state index in [0.29, 0.717) is 17.2 Å². The fourth-order valence-electron chi connectivity index (χ4n) is 1.70. The second-order valence-electron chi connectivity index (χ2n) is 5.69. The largest absolute Gasteiger partial charge is 0.481 e. The SMILES string of the molecule is CC(C)(C)OC(=O)NC(CCC(=O)O)Cc1ccc(Cl)s1. The molecular formula is C14H20ClNO4S. The minimum absolute atomic E-state index is 0.0143. The summed E-state index contributed by atoms with van der Waals surface area (Å²) < 4.78 is 5.86. The average Bonchev–Trinajstić information content (AvgIpc) is 2.69. The summed E-state index contributed by atoms with van der Waals surface area (Å²) in [7, 11) is 0. The van der Waals surface area contributed by atoms with E-state index < -0.39 is 17.7 Å². The van der Waals surface area contributed by atoms with Crippen LogP contribution in [-0.4, -0.2) is 28.8 Å². The first-order valence-corrected chi connectivity index (χ1v) is 7.80. The predicted molar refractivity (Wildman–Crippen MR) is 83.1 cm³/mol. The second kappa shape index (κ2) is 7.66.